The van der Waals surface area contributed by atoms with E-state index >= 15 is 0 Å². The number of nitrogens with zero attached hydrogens (tertiary/aromatic N) is 1. The average molecular weight is 224 g/mol. The van der Waals surface area contributed by atoms with Crippen LogP contribution in [0.15, 0.2) is 22.8 Å². The first-order valence-electron chi connectivity index (χ1n) is 5.59. The minimum absolute atomic E-state index is 0.0363. The second-order valence-corrected chi connectivity index (χ2v) is 4.18. The lowest BCUT2D eigenvalue weighted by Crippen LogP contribution is -2.45. The van der Waals surface area contributed by atoms with Gasteiger partial charge in [-0.15, -0.1) is 0 Å². The van der Waals surface area contributed by atoms with Gasteiger partial charge in [-0.3, -0.25) is 4.79 Å². The number of likely N-dealkylation sites (N-methyl/N-ethyl adjacent to an activating group) is 1. The van der Waals surface area contributed by atoms with Gasteiger partial charge in [0.2, 0.25) is 5.91 Å². The fraction of sp³-hybridized carbons (Fsp3) is 0.583. The molecule has 2 atom stereocenters. The summed E-state index contributed by atoms with van der Waals surface area (Å²) >= 11 is 0. The quantitative estimate of drug-likeness (QED) is 0.826. The van der Waals surface area contributed by atoms with Gasteiger partial charge in [-0.05, 0) is 18.1 Å². The molecule has 1 rings (SSSR count). The SMILES string of the molecule is CCC(C)C(N)C(=O)N(C)Cc1ccco1. The maximum atomic E-state index is 11.9. The smallest absolute Gasteiger partial charge is 0.239 e. The van der Waals surface area contributed by atoms with Crippen molar-refractivity contribution < 1.29 is 9.21 Å². The summed E-state index contributed by atoms with van der Waals surface area (Å²) in [5, 5.41) is 0. The minimum Gasteiger partial charge on any atom is -0.467 e. The van der Waals surface area contributed by atoms with Crippen LogP contribution in [-0.4, -0.2) is 23.9 Å². The summed E-state index contributed by atoms with van der Waals surface area (Å²) in [6.07, 6.45) is 2.50. The zero-order valence-electron chi connectivity index (χ0n) is 10.1. The zero-order chi connectivity index (χ0) is 12.1. The van der Waals surface area contributed by atoms with E-state index in [9.17, 15) is 4.79 Å². The van der Waals surface area contributed by atoms with Gasteiger partial charge >= 0.3 is 0 Å². The molecule has 0 bridgehead atoms. The Balaban J connectivity index is 2.53. The molecule has 2 unspecified atom stereocenters. The number of carbonyl (C=O) groups is 1. The molecule has 4 heteroatoms. The number of carbonyl (C=O) groups excluding carboxylic acids is 1. The number of furan rings is 1. The molecular weight excluding hydrogens is 204 g/mol. The summed E-state index contributed by atoms with van der Waals surface area (Å²) < 4.78 is 5.19. The van der Waals surface area contributed by atoms with Gasteiger partial charge in [-0.1, -0.05) is 20.3 Å². The molecule has 0 saturated heterocycles. The van der Waals surface area contributed by atoms with E-state index in [2.05, 4.69) is 0 Å². The highest BCUT2D eigenvalue weighted by molar-refractivity contribution is 5.81. The fourth-order valence-corrected chi connectivity index (χ4v) is 1.47. The zero-order valence-corrected chi connectivity index (χ0v) is 10.1. The van der Waals surface area contributed by atoms with Gasteiger partial charge in [0.05, 0.1) is 18.8 Å². The lowest BCUT2D eigenvalue weighted by molar-refractivity contribution is -0.133. The summed E-state index contributed by atoms with van der Waals surface area (Å²) in [6.45, 7) is 4.49. The molecule has 0 aliphatic heterocycles. The first kappa shape index (κ1) is 12.8. The summed E-state index contributed by atoms with van der Waals surface area (Å²) in [7, 11) is 1.74. The molecule has 1 aromatic heterocycles. The van der Waals surface area contributed by atoms with Crippen molar-refractivity contribution >= 4 is 5.91 Å². The lowest BCUT2D eigenvalue weighted by Gasteiger charge is -2.23. The Labute approximate surface area is 96.4 Å². The van der Waals surface area contributed by atoms with Gasteiger partial charge in [-0.25, -0.2) is 0 Å². The van der Waals surface area contributed by atoms with Crippen LogP contribution < -0.4 is 5.73 Å². The van der Waals surface area contributed by atoms with Crippen molar-refractivity contribution in [3.05, 3.63) is 24.2 Å². The van der Waals surface area contributed by atoms with Crippen LogP contribution in [0.5, 0.6) is 0 Å². The Morgan fingerprint density at radius 2 is 2.31 bits per heavy atom. The highest BCUT2D eigenvalue weighted by Crippen LogP contribution is 2.10. The molecule has 2 N–H and O–H groups in total. The van der Waals surface area contributed by atoms with E-state index in [1.54, 1.807) is 18.2 Å². The van der Waals surface area contributed by atoms with Crippen LogP contribution in [0.3, 0.4) is 0 Å². The molecule has 0 radical (unpaired) electrons. The minimum atomic E-state index is -0.426. The van der Waals surface area contributed by atoms with E-state index in [1.807, 2.05) is 26.0 Å². The Bertz CT molecular complexity index is 322. The molecule has 0 aromatic carbocycles. The molecule has 1 heterocycles. The molecule has 0 aliphatic rings. The number of nitrogens with two attached hydrogens (primary N) is 1. The summed E-state index contributed by atoms with van der Waals surface area (Å²) in [6, 6.07) is 3.23. The van der Waals surface area contributed by atoms with Crippen LogP contribution in [0.1, 0.15) is 26.0 Å². The second-order valence-electron chi connectivity index (χ2n) is 4.18. The van der Waals surface area contributed by atoms with Crippen LogP contribution in [0.25, 0.3) is 0 Å². The Hall–Kier alpha value is -1.29. The van der Waals surface area contributed by atoms with Crippen molar-refractivity contribution in [1.29, 1.82) is 0 Å². The van der Waals surface area contributed by atoms with E-state index in [4.69, 9.17) is 10.2 Å². The molecular formula is C12H20N2O2. The van der Waals surface area contributed by atoms with Crippen LogP contribution >= 0.6 is 0 Å². The summed E-state index contributed by atoms with van der Waals surface area (Å²) in [5.41, 5.74) is 5.88. The Morgan fingerprint density at radius 3 is 2.81 bits per heavy atom. The van der Waals surface area contributed by atoms with Gasteiger partial charge in [0.1, 0.15) is 5.76 Å². The van der Waals surface area contributed by atoms with E-state index in [0.29, 0.717) is 6.54 Å². The molecule has 1 aromatic rings. The van der Waals surface area contributed by atoms with Crippen LogP contribution in [0.2, 0.25) is 0 Å². The van der Waals surface area contributed by atoms with E-state index in [1.165, 1.54) is 0 Å². The first-order valence-corrected chi connectivity index (χ1v) is 5.59. The number of amides is 1. The van der Waals surface area contributed by atoms with Crippen LogP contribution in [-0.2, 0) is 11.3 Å². The second kappa shape index (κ2) is 5.70. The van der Waals surface area contributed by atoms with Crippen LogP contribution in [0.4, 0.5) is 0 Å². The Kier molecular flexibility index (Phi) is 4.55. The monoisotopic (exact) mass is 224 g/mol. The van der Waals surface area contributed by atoms with Crippen molar-refractivity contribution in [1.82, 2.24) is 4.90 Å². The highest BCUT2D eigenvalue weighted by Gasteiger charge is 2.23. The third kappa shape index (κ3) is 3.10. The number of hydrogen-bond acceptors (Lipinski definition) is 3. The van der Waals surface area contributed by atoms with Gasteiger partial charge in [0.15, 0.2) is 0 Å². The molecule has 16 heavy (non-hydrogen) atoms. The average Bonchev–Trinajstić information content (AvgIpc) is 2.78. The summed E-state index contributed by atoms with van der Waals surface area (Å²) in [4.78, 5) is 13.5. The topological polar surface area (TPSA) is 59.5 Å². The molecule has 0 fully saturated rings. The lowest BCUT2D eigenvalue weighted by atomic mass is 9.99. The van der Waals surface area contributed by atoms with Gasteiger partial charge < -0.3 is 15.1 Å². The van der Waals surface area contributed by atoms with Gasteiger partial charge in [0.25, 0.3) is 0 Å². The van der Waals surface area contributed by atoms with E-state index in [-0.39, 0.29) is 11.8 Å². The molecule has 4 nitrogen and oxygen atoms in total. The molecule has 1 amide bonds. The number of hydrogen-bond donors (Lipinski definition) is 1. The molecule has 0 spiro atoms. The van der Waals surface area contributed by atoms with E-state index in [0.717, 1.165) is 12.2 Å². The first-order chi connectivity index (χ1) is 7.56. The van der Waals surface area contributed by atoms with Crippen molar-refractivity contribution in [3.63, 3.8) is 0 Å². The normalized spacial score (nSPS) is 14.5. The number of rotatable bonds is 5. The Morgan fingerprint density at radius 1 is 1.62 bits per heavy atom. The van der Waals surface area contributed by atoms with Gasteiger partial charge in [-0.2, -0.15) is 0 Å². The maximum Gasteiger partial charge on any atom is 0.239 e. The maximum absolute atomic E-state index is 11.9. The van der Waals surface area contributed by atoms with Crippen molar-refractivity contribution in [2.45, 2.75) is 32.9 Å². The molecule has 90 valence electrons. The van der Waals surface area contributed by atoms with E-state index < -0.39 is 6.04 Å². The molecule has 0 aliphatic carbocycles. The van der Waals surface area contributed by atoms with Crippen molar-refractivity contribution in [2.24, 2.45) is 11.7 Å². The highest BCUT2D eigenvalue weighted by atomic mass is 16.3. The van der Waals surface area contributed by atoms with Crippen molar-refractivity contribution in [2.75, 3.05) is 7.05 Å². The fourth-order valence-electron chi connectivity index (χ4n) is 1.47. The van der Waals surface area contributed by atoms with Crippen molar-refractivity contribution in [3.8, 4) is 0 Å². The predicted octanol–water partition coefficient (Wildman–Crippen LogP) is 1.61. The predicted molar refractivity (Wildman–Crippen MR) is 62.6 cm³/mol. The van der Waals surface area contributed by atoms with Gasteiger partial charge in [0, 0.05) is 7.05 Å². The largest absolute Gasteiger partial charge is 0.467 e. The van der Waals surface area contributed by atoms with Crippen LogP contribution in [0, 0.1) is 5.92 Å². The molecule has 0 saturated carbocycles. The summed E-state index contributed by atoms with van der Waals surface area (Å²) in [5.74, 6) is 0.935. The third-order valence-electron chi connectivity index (χ3n) is 2.89. The standard InChI is InChI=1S/C12H20N2O2/c1-4-9(2)11(13)12(15)14(3)8-10-6-5-7-16-10/h5-7,9,11H,4,8,13H2,1-3H3. The third-order valence-corrected chi connectivity index (χ3v) is 2.89.